The average molecular weight is 506 g/mol. The summed E-state index contributed by atoms with van der Waals surface area (Å²) in [4.78, 5) is 17.3. The summed E-state index contributed by atoms with van der Waals surface area (Å²) in [6.45, 7) is 2.78. The highest BCUT2D eigenvalue weighted by Crippen LogP contribution is 2.36. The second kappa shape index (κ2) is 13.0. The van der Waals surface area contributed by atoms with E-state index in [-0.39, 0.29) is 11.7 Å². The van der Waals surface area contributed by atoms with Crippen LogP contribution in [-0.2, 0) is 12.8 Å². The van der Waals surface area contributed by atoms with Crippen LogP contribution in [0.1, 0.15) is 34.1 Å². The lowest BCUT2D eigenvalue weighted by atomic mass is 10.0. The number of carbonyl (C=O) groups excluding carboxylic acids is 1. The summed E-state index contributed by atoms with van der Waals surface area (Å²) in [7, 11) is 1.72. The minimum atomic E-state index is -0.298. The van der Waals surface area contributed by atoms with E-state index in [0.29, 0.717) is 47.8 Å². The molecule has 1 aliphatic heterocycles. The first-order chi connectivity index (χ1) is 17.8. The van der Waals surface area contributed by atoms with Crippen molar-refractivity contribution in [3.05, 3.63) is 94.9 Å². The van der Waals surface area contributed by atoms with Gasteiger partial charge in [0.25, 0.3) is 5.91 Å². The van der Waals surface area contributed by atoms with E-state index in [2.05, 4.69) is 10.6 Å². The number of fused-ring (bicyclic) bond motifs is 1. The van der Waals surface area contributed by atoms with Gasteiger partial charge in [0.05, 0.1) is 12.9 Å². The molecular formula is C28H32FN5O3. The molecule has 9 heteroatoms. The van der Waals surface area contributed by atoms with E-state index >= 15 is 0 Å². The Labute approximate surface area is 215 Å². The molecule has 0 radical (unpaired) electrons. The molecule has 2 aromatic carbocycles. The van der Waals surface area contributed by atoms with Gasteiger partial charge >= 0.3 is 0 Å². The quantitative estimate of drug-likeness (QED) is 0.242. The first-order valence-electron chi connectivity index (χ1n) is 11.8. The van der Waals surface area contributed by atoms with Crippen molar-refractivity contribution >= 4 is 17.7 Å². The lowest BCUT2D eigenvalue weighted by molar-refractivity contribution is 0.0954. The van der Waals surface area contributed by atoms with Crippen molar-refractivity contribution in [2.24, 2.45) is 5.73 Å². The topological polar surface area (TPSA) is 136 Å². The Morgan fingerprint density at radius 1 is 1.22 bits per heavy atom. The number of aliphatic hydroxyl groups is 1. The third-order valence-corrected chi connectivity index (χ3v) is 5.48. The summed E-state index contributed by atoms with van der Waals surface area (Å²) < 4.78 is 19.1. The van der Waals surface area contributed by atoms with Crippen molar-refractivity contribution in [2.75, 3.05) is 25.9 Å². The minimum absolute atomic E-state index is 0.197. The minimum Gasteiger partial charge on any atom is -0.514 e. The number of halogens is 1. The zero-order chi connectivity index (χ0) is 26.8. The van der Waals surface area contributed by atoms with Crippen LogP contribution < -0.4 is 26.8 Å². The highest BCUT2D eigenvalue weighted by molar-refractivity contribution is 5.95. The predicted octanol–water partition coefficient (Wildman–Crippen LogP) is 3.93. The molecule has 0 saturated carbocycles. The van der Waals surface area contributed by atoms with Crippen LogP contribution in [0.4, 0.5) is 10.1 Å². The van der Waals surface area contributed by atoms with Crippen molar-refractivity contribution in [3.63, 3.8) is 0 Å². The van der Waals surface area contributed by atoms with Crippen LogP contribution in [0.3, 0.4) is 0 Å². The first kappa shape index (κ1) is 27.1. The van der Waals surface area contributed by atoms with Gasteiger partial charge in [-0.05, 0) is 67.1 Å². The molecule has 1 aromatic heterocycles. The molecule has 0 fully saturated rings. The standard InChI is InChI=1S/C25H25FN4O2.C3H7NO/c1-15(27)12-19-13-18(4-7-22(19)28)25(31)29-10-8-21-14-17-9-11-32-24(17)23(30-21)16-2-5-20(26)6-3-16;1-4-2-3-5/h2-7,12-14H,8-11,27-28H2,1H3,(H,29,31);2-5H,1H3/b15-12-;. The van der Waals surface area contributed by atoms with Crippen molar-refractivity contribution in [3.8, 4) is 17.0 Å². The number of anilines is 1. The number of hydrogen-bond acceptors (Lipinski definition) is 7. The Hall–Kier alpha value is -4.53. The van der Waals surface area contributed by atoms with Gasteiger partial charge in [0.1, 0.15) is 17.3 Å². The second-order valence-corrected chi connectivity index (χ2v) is 8.40. The molecule has 0 aliphatic carbocycles. The first-order valence-corrected chi connectivity index (χ1v) is 11.8. The van der Waals surface area contributed by atoms with E-state index in [9.17, 15) is 9.18 Å². The van der Waals surface area contributed by atoms with Gasteiger partial charge in [0.2, 0.25) is 0 Å². The third-order valence-electron chi connectivity index (χ3n) is 5.48. The highest BCUT2D eigenvalue weighted by atomic mass is 19.1. The molecular weight excluding hydrogens is 473 g/mol. The molecule has 3 aromatic rings. The number of nitrogens with two attached hydrogens (primary N) is 2. The number of aromatic nitrogens is 1. The van der Waals surface area contributed by atoms with Crippen LogP contribution >= 0.6 is 0 Å². The maximum atomic E-state index is 13.3. The number of rotatable bonds is 7. The lowest BCUT2D eigenvalue weighted by Crippen LogP contribution is -2.26. The molecule has 1 aliphatic rings. The number of aliphatic hydroxyl groups excluding tert-OH is 1. The molecule has 1 amide bonds. The zero-order valence-corrected chi connectivity index (χ0v) is 20.9. The summed E-state index contributed by atoms with van der Waals surface area (Å²) >= 11 is 0. The number of hydrogen-bond donors (Lipinski definition) is 5. The fourth-order valence-electron chi connectivity index (χ4n) is 3.75. The molecule has 4 rings (SSSR count). The van der Waals surface area contributed by atoms with Crippen molar-refractivity contribution in [2.45, 2.75) is 19.8 Å². The number of nitrogens with zero attached hydrogens (tertiary/aromatic N) is 1. The second-order valence-electron chi connectivity index (χ2n) is 8.40. The monoisotopic (exact) mass is 505 g/mol. The molecule has 0 bridgehead atoms. The average Bonchev–Trinajstić information content (AvgIpc) is 3.35. The van der Waals surface area contributed by atoms with Crippen LogP contribution in [0.15, 0.2) is 66.7 Å². The molecule has 194 valence electrons. The molecule has 0 saturated heterocycles. The maximum Gasteiger partial charge on any atom is 0.251 e. The van der Waals surface area contributed by atoms with Gasteiger partial charge in [0.15, 0.2) is 0 Å². The lowest BCUT2D eigenvalue weighted by Gasteiger charge is -2.11. The molecule has 0 spiro atoms. The molecule has 7 N–H and O–H groups in total. The number of amides is 1. The fraction of sp³-hybridized carbons (Fsp3) is 0.214. The fourth-order valence-corrected chi connectivity index (χ4v) is 3.75. The normalized spacial score (nSPS) is 12.4. The van der Waals surface area contributed by atoms with Gasteiger partial charge in [-0.1, -0.05) is 0 Å². The van der Waals surface area contributed by atoms with Crippen LogP contribution in [-0.4, -0.2) is 36.2 Å². The molecule has 8 nitrogen and oxygen atoms in total. The molecule has 37 heavy (non-hydrogen) atoms. The Kier molecular flexibility index (Phi) is 9.48. The Bertz CT molecular complexity index is 1290. The van der Waals surface area contributed by atoms with Crippen LogP contribution in [0, 0.1) is 5.82 Å². The van der Waals surface area contributed by atoms with E-state index in [1.807, 2.05) is 6.07 Å². The van der Waals surface area contributed by atoms with Crippen LogP contribution in [0.5, 0.6) is 5.75 Å². The van der Waals surface area contributed by atoms with Crippen molar-refractivity contribution in [1.82, 2.24) is 15.6 Å². The number of carbonyl (C=O) groups is 1. The van der Waals surface area contributed by atoms with Crippen LogP contribution in [0.2, 0.25) is 0 Å². The van der Waals surface area contributed by atoms with E-state index in [4.69, 9.17) is 26.3 Å². The Morgan fingerprint density at radius 3 is 2.62 bits per heavy atom. The predicted molar refractivity (Wildman–Crippen MR) is 144 cm³/mol. The number of pyridine rings is 1. The van der Waals surface area contributed by atoms with E-state index in [1.54, 1.807) is 50.4 Å². The van der Waals surface area contributed by atoms with Crippen molar-refractivity contribution in [1.29, 1.82) is 0 Å². The van der Waals surface area contributed by atoms with E-state index < -0.39 is 0 Å². The van der Waals surface area contributed by atoms with E-state index in [1.165, 1.54) is 18.3 Å². The van der Waals surface area contributed by atoms with Crippen LogP contribution in [0.25, 0.3) is 17.3 Å². The molecule has 0 unspecified atom stereocenters. The Morgan fingerprint density at radius 2 is 1.97 bits per heavy atom. The van der Waals surface area contributed by atoms with Gasteiger partial charge in [-0.2, -0.15) is 0 Å². The van der Waals surface area contributed by atoms with Gasteiger partial charge in [-0.25, -0.2) is 9.37 Å². The molecule has 0 atom stereocenters. The van der Waals surface area contributed by atoms with Gasteiger partial charge in [0, 0.05) is 66.4 Å². The number of benzene rings is 2. The summed E-state index contributed by atoms with van der Waals surface area (Å²) in [5.41, 5.74) is 17.5. The van der Waals surface area contributed by atoms with Gasteiger partial charge < -0.3 is 31.9 Å². The summed E-state index contributed by atoms with van der Waals surface area (Å²) in [6, 6.07) is 13.3. The van der Waals surface area contributed by atoms with Gasteiger partial charge in [-0.3, -0.25) is 4.79 Å². The van der Waals surface area contributed by atoms with Crippen molar-refractivity contribution < 1.29 is 19.0 Å². The highest BCUT2D eigenvalue weighted by Gasteiger charge is 2.20. The summed E-state index contributed by atoms with van der Waals surface area (Å²) in [5, 5.41) is 13.3. The smallest absolute Gasteiger partial charge is 0.251 e. The SMILES string of the molecule is C/C(N)=C/c1cc(C(=O)NCCc2cc3c(c(-c4ccc(F)cc4)n2)OCC3)ccc1N.CNC=CO. The number of nitrogens with one attached hydrogen (secondary N) is 2. The molecule has 2 heterocycles. The number of allylic oxidation sites excluding steroid dienone is 1. The zero-order valence-electron chi connectivity index (χ0n) is 20.9. The van der Waals surface area contributed by atoms with Gasteiger partial charge in [-0.15, -0.1) is 0 Å². The number of ether oxygens (including phenoxy) is 1. The Balaban J connectivity index is 0.000000695. The summed E-state index contributed by atoms with van der Waals surface area (Å²) in [6.07, 6.45) is 5.46. The maximum absolute atomic E-state index is 13.3. The summed E-state index contributed by atoms with van der Waals surface area (Å²) in [5.74, 6) is 0.257. The third kappa shape index (κ3) is 7.47. The largest absolute Gasteiger partial charge is 0.514 e. The number of nitrogen functional groups attached to an aromatic ring is 1. The van der Waals surface area contributed by atoms with E-state index in [0.717, 1.165) is 35.3 Å².